The summed E-state index contributed by atoms with van der Waals surface area (Å²) >= 11 is 3.16. The van der Waals surface area contributed by atoms with Crippen molar-refractivity contribution in [3.63, 3.8) is 0 Å². The molecule has 2 aromatic carbocycles. The molecule has 0 unspecified atom stereocenters. The van der Waals surface area contributed by atoms with Gasteiger partial charge in [-0.3, -0.25) is 4.79 Å². The van der Waals surface area contributed by atoms with Gasteiger partial charge in [0.25, 0.3) is 0 Å². The number of anilines is 1. The Labute approximate surface area is 183 Å². The molecular weight excluding hydrogens is 475 g/mol. The van der Waals surface area contributed by atoms with Crippen LogP contribution in [0.25, 0.3) is 6.08 Å². The predicted octanol–water partition coefficient (Wildman–Crippen LogP) is 4.42. The zero-order chi connectivity index (χ0) is 21.7. The van der Waals surface area contributed by atoms with Gasteiger partial charge in [0.15, 0.2) is 0 Å². The summed E-state index contributed by atoms with van der Waals surface area (Å²) in [6.07, 6.45) is 5.36. The third kappa shape index (κ3) is 5.27. The molecule has 0 aromatic heterocycles. The molecule has 0 spiro atoms. The van der Waals surface area contributed by atoms with E-state index >= 15 is 0 Å². The third-order valence-electron chi connectivity index (χ3n) is 4.74. The molecule has 1 amide bonds. The molecule has 1 aliphatic heterocycles. The lowest BCUT2D eigenvalue weighted by Crippen LogP contribution is -2.35. The van der Waals surface area contributed by atoms with Crippen LogP contribution in [-0.4, -0.2) is 38.8 Å². The molecule has 1 fully saturated rings. The Balaban J connectivity index is 1.81. The van der Waals surface area contributed by atoms with Crippen molar-refractivity contribution in [2.45, 2.75) is 24.2 Å². The normalized spacial score (nSPS) is 15.3. The maximum atomic E-state index is 13.9. The van der Waals surface area contributed by atoms with E-state index in [4.69, 9.17) is 4.74 Å². The Kier molecular flexibility index (Phi) is 7.27. The fourth-order valence-corrected chi connectivity index (χ4v) is 5.22. The number of piperidine rings is 1. The summed E-state index contributed by atoms with van der Waals surface area (Å²) in [6, 6.07) is 9.00. The number of methoxy groups -OCH3 is 1. The Bertz CT molecular complexity index is 1070. The van der Waals surface area contributed by atoms with Crippen molar-refractivity contribution in [1.29, 1.82) is 0 Å². The number of nitrogens with zero attached hydrogens (tertiary/aromatic N) is 1. The van der Waals surface area contributed by atoms with E-state index in [1.807, 2.05) is 0 Å². The van der Waals surface area contributed by atoms with Crippen molar-refractivity contribution in [2.24, 2.45) is 0 Å². The van der Waals surface area contributed by atoms with Gasteiger partial charge in [-0.25, -0.2) is 12.8 Å². The zero-order valence-electron chi connectivity index (χ0n) is 16.4. The number of halogens is 2. The molecule has 1 N–H and O–H groups in total. The molecule has 9 heteroatoms. The maximum absolute atomic E-state index is 13.9. The summed E-state index contributed by atoms with van der Waals surface area (Å²) < 4.78 is 47.3. The van der Waals surface area contributed by atoms with Crippen molar-refractivity contribution in [2.75, 3.05) is 25.5 Å². The van der Waals surface area contributed by atoms with Crippen LogP contribution in [0.3, 0.4) is 0 Å². The summed E-state index contributed by atoms with van der Waals surface area (Å²) in [5.74, 6) is -0.850. The van der Waals surface area contributed by atoms with Gasteiger partial charge in [0.1, 0.15) is 16.5 Å². The van der Waals surface area contributed by atoms with Gasteiger partial charge in [-0.1, -0.05) is 28.4 Å². The minimum atomic E-state index is -3.70. The van der Waals surface area contributed by atoms with Crippen molar-refractivity contribution in [1.82, 2.24) is 4.31 Å². The molecule has 0 saturated carbocycles. The lowest BCUT2D eigenvalue weighted by molar-refractivity contribution is -0.111. The number of benzene rings is 2. The standard InChI is InChI=1S/C21H22BrFN2O4S/c1-29-19-9-5-15(13-20(19)30(27,28)25-11-3-2-4-12-25)6-10-21(26)24-18-8-7-16(22)14-17(18)23/h5-10,13-14H,2-4,11-12H2,1H3,(H,24,26). The summed E-state index contributed by atoms with van der Waals surface area (Å²) in [5.41, 5.74) is 0.564. The second kappa shape index (κ2) is 9.72. The molecule has 1 saturated heterocycles. The lowest BCUT2D eigenvalue weighted by atomic mass is 10.2. The molecule has 1 heterocycles. The smallest absolute Gasteiger partial charge is 0.248 e. The van der Waals surface area contributed by atoms with Crippen molar-refractivity contribution in [3.8, 4) is 5.75 Å². The monoisotopic (exact) mass is 496 g/mol. The van der Waals surface area contributed by atoms with Gasteiger partial charge in [0, 0.05) is 23.6 Å². The van der Waals surface area contributed by atoms with Crippen LogP contribution in [0.5, 0.6) is 5.75 Å². The lowest BCUT2D eigenvalue weighted by Gasteiger charge is -2.26. The van der Waals surface area contributed by atoms with Crippen molar-refractivity contribution >= 4 is 43.6 Å². The molecular formula is C21H22BrFN2O4S. The van der Waals surface area contributed by atoms with E-state index in [1.165, 1.54) is 41.8 Å². The molecule has 1 aliphatic rings. The summed E-state index contributed by atoms with van der Waals surface area (Å²) in [5, 5.41) is 2.45. The summed E-state index contributed by atoms with van der Waals surface area (Å²) in [6.45, 7) is 0.958. The quantitative estimate of drug-likeness (QED) is 0.600. The minimum Gasteiger partial charge on any atom is -0.495 e. The van der Waals surface area contributed by atoms with Crippen molar-refractivity contribution < 1.29 is 22.3 Å². The van der Waals surface area contributed by atoms with Crippen LogP contribution < -0.4 is 10.1 Å². The Morgan fingerprint density at radius 2 is 1.90 bits per heavy atom. The van der Waals surface area contributed by atoms with E-state index in [1.54, 1.807) is 18.2 Å². The second-order valence-electron chi connectivity index (χ2n) is 6.82. The Hall–Kier alpha value is -2.23. The van der Waals surface area contributed by atoms with E-state index in [0.717, 1.165) is 19.3 Å². The molecule has 160 valence electrons. The first-order chi connectivity index (χ1) is 14.3. The van der Waals surface area contributed by atoms with Crippen LogP contribution in [0.1, 0.15) is 24.8 Å². The van der Waals surface area contributed by atoms with Crippen LogP contribution >= 0.6 is 15.9 Å². The highest BCUT2D eigenvalue weighted by molar-refractivity contribution is 9.10. The van der Waals surface area contributed by atoms with Crippen LogP contribution in [-0.2, 0) is 14.8 Å². The fourth-order valence-electron chi connectivity index (χ4n) is 3.18. The average molecular weight is 497 g/mol. The largest absolute Gasteiger partial charge is 0.495 e. The molecule has 3 rings (SSSR count). The van der Waals surface area contributed by atoms with Gasteiger partial charge in [-0.15, -0.1) is 0 Å². The molecule has 0 radical (unpaired) electrons. The second-order valence-corrected chi connectivity index (χ2v) is 9.64. The molecule has 30 heavy (non-hydrogen) atoms. The SMILES string of the molecule is COc1ccc(C=CC(=O)Nc2ccc(Br)cc2F)cc1S(=O)(=O)N1CCCCC1. The average Bonchev–Trinajstić information content (AvgIpc) is 2.74. The van der Waals surface area contributed by atoms with E-state index in [2.05, 4.69) is 21.2 Å². The third-order valence-corrected chi connectivity index (χ3v) is 7.15. The van der Waals surface area contributed by atoms with E-state index in [0.29, 0.717) is 23.1 Å². The number of hydrogen-bond acceptors (Lipinski definition) is 4. The number of carbonyl (C=O) groups excluding carboxylic acids is 1. The van der Waals surface area contributed by atoms with Gasteiger partial charge < -0.3 is 10.1 Å². The van der Waals surface area contributed by atoms with Crippen LogP contribution in [0.15, 0.2) is 51.8 Å². The van der Waals surface area contributed by atoms with Crippen LogP contribution in [0.2, 0.25) is 0 Å². The topological polar surface area (TPSA) is 75.7 Å². The number of carbonyl (C=O) groups is 1. The van der Waals surface area contributed by atoms with Gasteiger partial charge in [0.2, 0.25) is 15.9 Å². The van der Waals surface area contributed by atoms with Gasteiger partial charge in [-0.2, -0.15) is 4.31 Å². The number of sulfonamides is 1. The molecule has 2 aromatic rings. The Morgan fingerprint density at radius 1 is 1.17 bits per heavy atom. The van der Waals surface area contributed by atoms with Crippen molar-refractivity contribution in [3.05, 3.63) is 58.3 Å². The number of ether oxygens (including phenoxy) is 1. The molecule has 0 bridgehead atoms. The van der Waals surface area contributed by atoms with E-state index < -0.39 is 21.7 Å². The van der Waals surface area contributed by atoms with E-state index in [9.17, 15) is 17.6 Å². The highest BCUT2D eigenvalue weighted by atomic mass is 79.9. The fraction of sp³-hybridized carbons (Fsp3) is 0.286. The molecule has 0 aliphatic carbocycles. The highest BCUT2D eigenvalue weighted by Crippen LogP contribution is 2.30. The molecule has 6 nitrogen and oxygen atoms in total. The first kappa shape index (κ1) is 22.5. The van der Waals surface area contributed by atoms with Gasteiger partial charge >= 0.3 is 0 Å². The number of amides is 1. The van der Waals surface area contributed by atoms with Gasteiger partial charge in [0.05, 0.1) is 12.8 Å². The predicted molar refractivity (Wildman–Crippen MR) is 117 cm³/mol. The number of nitrogens with one attached hydrogen (secondary N) is 1. The van der Waals surface area contributed by atoms with Gasteiger partial charge in [-0.05, 0) is 54.8 Å². The number of hydrogen-bond donors (Lipinski definition) is 1. The zero-order valence-corrected chi connectivity index (χ0v) is 18.8. The maximum Gasteiger partial charge on any atom is 0.248 e. The van der Waals surface area contributed by atoms with Crippen LogP contribution in [0, 0.1) is 5.82 Å². The summed E-state index contributed by atoms with van der Waals surface area (Å²) in [7, 11) is -2.29. The first-order valence-corrected chi connectivity index (χ1v) is 11.7. The first-order valence-electron chi connectivity index (χ1n) is 9.43. The Morgan fingerprint density at radius 3 is 2.57 bits per heavy atom. The highest BCUT2D eigenvalue weighted by Gasteiger charge is 2.29. The van der Waals surface area contributed by atoms with Crippen LogP contribution in [0.4, 0.5) is 10.1 Å². The minimum absolute atomic E-state index is 0.0518. The summed E-state index contributed by atoms with van der Waals surface area (Å²) in [4.78, 5) is 12.2. The molecule has 0 atom stereocenters. The number of rotatable bonds is 6. The van der Waals surface area contributed by atoms with E-state index in [-0.39, 0.29) is 16.3 Å².